The molecule has 4 heteroatoms. The molecule has 3 fully saturated rings. The molecule has 4 unspecified atom stereocenters. The molecule has 1 saturated heterocycles. The summed E-state index contributed by atoms with van der Waals surface area (Å²) in [5, 5.41) is 18.5. The highest BCUT2D eigenvalue weighted by molar-refractivity contribution is 7.08. The third kappa shape index (κ3) is 2.11. The first-order valence-electron chi connectivity index (χ1n) is 8.24. The average Bonchev–Trinajstić information content (AvgIpc) is 3.19. The Bertz CT molecular complexity index is 493. The monoisotopic (exact) mass is 307 g/mol. The first-order valence-corrected chi connectivity index (χ1v) is 9.18. The zero-order valence-corrected chi connectivity index (χ0v) is 13.5. The van der Waals surface area contributed by atoms with Gasteiger partial charge in [-0.25, -0.2) is 0 Å². The van der Waals surface area contributed by atoms with Gasteiger partial charge in [-0.1, -0.05) is 12.8 Å². The SMILES string of the molecule is CC(O)(CNC1C2CCOC2C12CCCC2)c1ccsc1. The summed E-state index contributed by atoms with van der Waals surface area (Å²) in [5.74, 6) is 0.668. The number of hydrogen-bond donors (Lipinski definition) is 2. The van der Waals surface area contributed by atoms with Crippen LogP contribution >= 0.6 is 11.3 Å². The first-order chi connectivity index (χ1) is 10.1. The van der Waals surface area contributed by atoms with Crippen LogP contribution in [0.1, 0.15) is 44.6 Å². The number of nitrogens with one attached hydrogen (secondary N) is 1. The lowest BCUT2D eigenvalue weighted by molar-refractivity contribution is -0.134. The summed E-state index contributed by atoms with van der Waals surface area (Å²) in [6.07, 6.45) is 6.95. The van der Waals surface area contributed by atoms with E-state index >= 15 is 0 Å². The minimum absolute atomic E-state index is 0.367. The summed E-state index contributed by atoms with van der Waals surface area (Å²) in [7, 11) is 0. The molecule has 2 saturated carbocycles. The Hall–Kier alpha value is -0.420. The number of thiophene rings is 1. The summed E-state index contributed by atoms with van der Waals surface area (Å²) < 4.78 is 6.02. The molecule has 4 atom stereocenters. The summed E-state index contributed by atoms with van der Waals surface area (Å²) in [5.41, 5.74) is 0.620. The molecule has 3 nitrogen and oxygen atoms in total. The number of aliphatic hydroxyl groups is 1. The first kappa shape index (κ1) is 14.2. The second-order valence-electron chi connectivity index (χ2n) is 7.33. The van der Waals surface area contributed by atoms with Crippen molar-refractivity contribution in [3.8, 4) is 0 Å². The van der Waals surface area contributed by atoms with Gasteiger partial charge in [0.1, 0.15) is 0 Å². The molecule has 1 aliphatic heterocycles. The fraction of sp³-hybridized carbons (Fsp3) is 0.765. The molecule has 0 amide bonds. The van der Waals surface area contributed by atoms with E-state index in [1.165, 1.54) is 32.1 Å². The van der Waals surface area contributed by atoms with Crippen LogP contribution in [0.2, 0.25) is 0 Å². The van der Waals surface area contributed by atoms with E-state index in [0.717, 1.165) is 12.2 Å². The Balaban J connectivity index is 1.47. The summed E-state index contributed by atoms with van der Waals surface area (Å²) in [6.45, 7) is 3.49. The van der Waals surface area contributed by atoms with Crippen molar-refractivity contribution in [3.63, 3.8) is 0 Å². The lowest BCUT2D eigenvalue weighted by Crippen LogP contribution is -2.68. The molecule has 21 heavy (non-hydrogen) atoms. The molecule has 3 aliphatic rings. The van der Waals surface area contributed by atoms with Crippen LogP contribution in [0.15, 0.2) is 16.8 Å². The highest BCUT2D eigenvalue weighted by Gasteiger charge is 2.64. The van der Waals surface area contributed by atoms with Crippen LogP contribution in [0.5, 0.6) is 0 Å². The zero-order valence-electron chi connectivity index (χ0n) is 12.7. The third-order valence-corrected chi connectivity index (χ3v) is 6.78. The molecular formula is C17H25NO2S. The fourth-order valence-corrected chi connectivity index (χ4v) is 5.77. The van der Waals surface area contributed by atoms with Gasteiger partial charge in [0.05, 0.1) is 11.7 Å². The molecule has 2 aliphatic carbocycles. The molecule has 0 bridgehead atoms. The lowest BCUT2D eigenvalue weighted by atomic mass is 9.54. The number of fused-ring (bicyclic) bond motifs is 2. The standard InChI is InChI=1S/C17H25NO2S/c1-16(19,12-5-9-21-10-12)11-18-14-13-4-8-20-15(13)17(14)6-2-3-7-17/h5,9-10,13-15,18-19H,2-4,6-8,11H2,1H3. The smallest absolute Gasteiger partial charge is 0.1000 e. The highest BCUT2D eigenvalue weighted by Crippen LogP contribution is 2.60. The van der Waals surface area contributed by atoms with Gasteiger partial charge in [-0.2, -0.15) is 11.3 Å². The van der Waals surface area contributed by atoms with Crippen molar-refractivity contribution in [3.05, 3.63) is 22.4 Å². The summed E-state index contributed by atoms with van der Waals surface area (Å²) >= 11 is 1.65. The Morgan fingerprint density at radius 2 is 2.29 bits per heavy atom. The lowest BCUT2D eigenvalue weighted by Gasteiger charge is -2.57. The van der Waals surface area contributed by atoms with Gasteiger partial charge >= 0.3 is 0 Å². The van der Waals surface area contributed by atoms with Crippen LogP contribution in [0.3, 0.4) is 0 Å². The fourth-order valence-electron chi connectivity index (χ4n) is 4.99. The third-order valence-electron chi connectivity index (χ3n) is 6.10. The van der Waals surface area contributed by atoms with Crippen LogP contribution in [0.4, 0.5) is 0 Å². The van der Waals surface area contributed by atoms with E-state index in [1.807, 2.05) is 18.4 Å². The highest BCUT2D eigenvalue weighted by atomic mass is 32.1. The van der Waals surface area contributed by atoms with E-state index in [9.17, 15) is 5.11 Å². The molecule has 1 aromatic heterocycles. The van der Waals surface area contributed by atoms with Gasteiger partial charge in [0.25, 0.3) is 0 Å². The topological polar surface area (TPSA) is 41.5 Å². The van der Waals surface area contributed by atoms with E-state index in [2.05, 4.69) is 10.7 Å². The maximum Gasteiger partial charge on any atom is 0.1000 e. The Labute approximate surface area is 130 Å². The molecule has 2 N–H and O–H groups in total. The molecule has 116 valence electrons. The Morgan fingerprint density at radius 3 is 3.00 bits per heavy atom. The Morgan fingerprint density at radius 1 is 1.48 bits per heavy atom. The van der Waals surface area contributed by atoms with Crippen molar-refractivity contribution in [2.24, 2.45) is 11.3 Å². The number of ether oxygens (including phenoxy) is 1. The van der Waals surface area contributed by atoms with Crippen molar-refractivity contribution in [1.29, 1.82) is 0 Å². The summed E-state index contributed by atoms with van der Waals surface area (Å²) in [4.78, 5) is 0. The second kappa shape index (κ2) is 5.05. The van der Waals surface area contributed by atoms with Gasteiger partial charge in [0.2, 0.25) is 0 Å². The van der Waals surface area contributed by atoms with E-state index in [4.69, 9.17) is 4.74 Å². The van der Waals surface area contributed by atoms with Crippen molar-refractivity contribution in [2.45, 2.75) is 56.8 Å². The minimum Gasteiger partial charge on any atom is -0.384 e. The molecule has 1 spiro atoms. The van der Waals surface area contributed by atoms with Crippen molar-refractivity contribution in [2.75, 3.05) is 13.2 Å². The number of hydrogen-bond acceptors (Lipinski definition) is 4. The van der Waals surface area contributed by atoms with Gasteiger partial charge in [-0.15, -0.1) is 0 Å². The summed E-state index contributed by atoms with van der Waals surface area (Å²) in [6, 6.07) is 2.57. The van der Waals surface area contributed by atoms with Crippen LogP contribution in [-0.2, 0) is 10.3 Å². The molecular weight excluding hydrogens is 282 g/mol. The van der Waals surface area contributed by atoms with Gasteiger partial charge < -0.3 is 15.2 Å². The van der Waals surface area contributed by atoms with Gasteiger partial charge in [0.15, 0.2) is 0 Å². The van der Waals surface area contributed by atoms with Gasteiger partial charge in [-0.05, 0) is 48.6 Å². The van der Waals surface area contributed by atoms with E-state index in [1.54, 1.807) is 11.3 Å². The molecule has 4 rings (SSSR count). The normalized spacial score (nSPS) is 36.4. The predicted octanol–water partition coefficient (Wildman–Crippen LogP) is 2.89. The molecule has 1 aromatic rings. The maximum absolute atomic E-state index is 10.7. The average molecular weight is 307 g/mol. The maximum atomic E-state index is 10.7. The molecule has 0 aromatic carbocycles. The second-order valence-corrected chi connectivity index (χ2v) is 8.11. The van der Waals surface area contributed by atoms with Crippen LogP contribution in [0.25, 0.3) is 0 Å². The van der Waals surface area contributed by atoms with Gasteiger partial charge in [0, 0.05) is 30.5 Å². The predicted molar refractivity (Wildman–Crippen MR) is 84.4 cm³/mol. The molecule has 2 heterocycles. The quantitative estimate of drug-likeness (QED) is 0.899. The largest absolute Gasteiger partial charge is 0.384 e. The van der Waals surface area contributed by atoms with E-state index < -0.39 is 5.60 Å². The van der Waals surface area contributed by atoms with E-state index in [-0.39, 0.29) is 0 Å². The van der Waals surface area contributed by atoms with Crippen LogP contribution in [0, 0.1) is 11.3 Å². The molecule has 0 radical (unpaired) electrons. The van der Waals surface area contributed by atoms with Gasteiger partial charge in [-0.3, -0.25) is 0 Å². The Kier molecular flexibility index (Phi) is 3.41. The van der Waals surface area contributed by atoms with Crippen molar-refractivity contribution >= 4 is 11.3 Å². The van der Waals surface area contributed by atoms with Crippen molar-refractivity contribution < 1.29 is 9.84 Å². The number of rotatable bonds is 4. The van der Waals surface area contributed by atoms with Crippen LogP contribution < -0.4 is 5.32 Å². The zero-order chi connectivity index (χ0) is 14.5. The van der Waals surface area contributed by atoms with Crippen molar-refractivity contribution in [1.82, 2.24) is 5.32 Å². The van der Waals surface area contributed by atoms with E-state index in [0.29, 0.717) is 30.0 Å². The van der Waals surface area contributed by atoms with Crippen LogP contribution in [-0.4, -0.2) is 30.4 Å². The minimum atomic E-state index is -0.773.